The van der Waals surface area contributed by atoms with Crippen molar-refractivity contribution < 1.29 is 14.3 Å². The minimum atomic E-state index is -1.01. The van der Waals surface area contributed by atoms with Crippen LogP contribution in [0.5, 0.6) is 0 Å². The molecule has 0 aromatic heterocycles. The summed E-state index contributed by atoms with van der Waals surface area (Å²) in [6, 6.07) is 6.01. The van der Waals surface area contributed by atoms with Crippen molar-refractivity contribution in [3.63, 3.8) is 0 Å². The van der Waals surface area contributed by atoms with E-state index in [1.54, 1.807) is 12.1 Å². The average Bonchev–Trinajstić information content (AvgIpc) is 2.24. The summed E-state index contributed by atoms with van der Waals surface area (Å²) < 4.78 is 13.3. The molecule has 17 heavy (non-hydrogen) atoms. The Morgan fingerprint density at radius 3 is 2.82 bits per heavy atom. The molecule has 1 aromatic carbocycles. The molecular formula is C12H15FN2O2. The number of hydrogen-bond acceptors (Lipinski definition) is 3. The van der Waals surface area contributed by atoms with Gasteiger partial charge in [-0.15, -0.1) is 0 Å². The van der Waals surface area contributed by atoms with Gasteiger partial charge in [0.25, 0.3) is 0 Å². The Hall–Kier alpha value is -1.46. The third kappa shape index (κ3) is 2.81. The van der Waals surface area contributed by atoms with E-state index in [9.17, 15) is 14.3 Å². The molecule has 1 heterocycles. The van der Waals surface area contributed by atoms with Gasteiger partial charge in [-0.1, -0.05) is 18.2 Å². The quantitative estimate of drug-likeness (QED) is 0.702. The zero-order valence-electron chi connectivity index (χ0n) is 9.32. The van der Waals surface area contributed by atoms with Crippen LogP contribution in [-0.2, 0) is 4.79 Å². The number of nitrogens with one attached hydrogen (secondary N) is 2. The molecule has 0 radical (unpaired) electrons. The molecule has 1 saturated heterocycles. The summed E-state index contributed by atoms with van der Waals surface area (Å²) in [5, 5.41) is 15.4. The van der Waals surface area contributed by atoms with E-state index < -0.39 is 11.9 Å². The highest BCUT2D eigenvalue weighted by Crippen LogP contribution is 2.15. The summed E-state index contributed by atoms with van der Waals surface area (Å²) >= 11 is 0. The summed E-state index contributed by atoms with van der Waals surface area (Å²) in [6.07, 6.45) is -1.01. The van der Waals surface area contributed by atoms with Crippen LogP contribution >= 0.6 is 0 Å². The molecule has 0 saturated carbocycles. The average molecular weight is 238 g/mol. The number of benzene rings is 1. The van der Waals surface area contributed by atoms with Gasteiger partial charge in [0, 0.05) is 25.2 Å². The maximum Gasteiger partial charge on any atom is 0.225 e. The molecule has 1 fully saturated rings. The number of halogens is 1. The maximum absolute atomic E-state index is 13.3. The van der Waals surface area contributed by atoms with Crippen molar-refractivity contribution in [2.75, 3.05) is 19.6 Å². The normalized spacial score (nSPS) is 17.3. The van der Waals surface area contributed by atoms with Crippen molar-refractivity contribution in [3.8, 4) is 0 Å². The Morgan fingerprint density at radius 1 is 1.53 bits per heavy atom. The van der Waals surface area contributed by atoms with Gasteiger partial charge >= 0.3 is 0 Å². The van der Waals surface area contributed by atoms with Crippen molar-refractivity contribution >= 4 is 5.91 Å². The van der Waals surface area contributed by atoms with E-state index >= 15 is 0 Å². The standard InChI is InChI=1S/C12H15FN2O2/c13-10-4-2-1-3-9(10)11(16)7-15-12(17)8-5-14-6-8/h1-4,8,11,14,16H,5-7H2,(H,15,17). The minimum absolute atomic E-state index is 0.0252. The monoisotopic (exact) mass is 238 g/mol. The zero-order chi connectivity index (χ0) is 12.3. The molecule has 4 nitrogen and oxygen atoms in total. The molecule has 0 spiro atoms. The van der Waals surface area contributed by atoms with Crippen LogP contribution in [0, 0.1) is 11.7 Å². The number of amides is 1. The molecule has 1 aliphatic heterocycles. The van der Waals surface area contributed by atoms with E-state index in [1.165, 1.54) is 12.1 Å². The van der Waals surface area contributed by atoms with E-state index in [4.69, 9.17) is 0 Å². The summed E-state index contributed by atoms with van der Waals surface area (Å²) in [5.41, 5.74) is 0.208. The van der Waals surface area contributed by atoms with Gasteiger partial charge in [-0.2, -0.15) is 0 Å². The third-order valence-electron chi connectivity index (χ3n) is 2.89. The van der Waals surface area contributed by atoms with Crippen LogP contribution < -0.4 is 10.6 Å². The SMILES string of the molecule is O=C(NCC(O)c1ccccc1F)C1CNC1. The van der Waals surface area contributed by atoms with Crippen molar-refractivity contribution in [2.24, 2.45) is 5.92 Å². The molecule has 1 unspecified atom stereocenters. The maximum atomic E-state index is 13.3. The number of carbonyl (C=O) groups is 1. The smallest absolute Gasteiger partial charge is 0.225 e. The van der Waals surface area contributed by atoms with Crippen LogP contribution in [0.2, 0.25) is 0 Å². The van der Waals surface area contributed by atoms with E-state index in [0.717, 1.165) is 0 Å². The first kappa shape index (κ1) is 12.0. The Balaban J connectivity index is 1.86. The van der Waals surface area contributed by atoms with Gasteiger partial charge in [-0.3, -0.25) is 4.79 Å². The third-order valence-corrected chi connectivity index (χ3v) is 2.89. The number of aliphatic hydroxyl groups is 1. The highest BCUT2D eigenvalue weighted by molar-refractivity contribution is 5.80. The molecule has 0 bridgehead atoms. The first-order valence-corrected chi connectivity index (χ1v) is 5.59. The number of hydrogen-bond donors (Lipinski definition) is 3. The van der Waals surface area contributed by atoms with Crippen molar-refractivity contribution in [1.29, 1.82) is 0 Å². The molecular weight excluding hydrogens is 223 g/mol. The van der Waals surface area contributed by atoms with Crippen LogP contribution in [0.3, 0.4) is 0 Å². The molecule has 1 aromatic rings. The van der Waals surface area contributed by atoms with Gasteiger partial charge in [-0.05, 0) is 6.07 Å². The summed E-state index contributed by atoms with van der Waals surface area (Å²) in [6.45, 7) is 1.37. The van der Waals surface area contributed by atoms with Gasteiger partial charge < -0.3 is 15.7 Å². The molecule has 2 rings (SSSR count). The topological polar surface area (TPSA) is 61.4 Å². The Kier molecular flexibility index (Phi) is 3.71. The molecule has 1 atom stereocenters. The lowest BCUT2D eigenvalue weighted by molar-refractivity contribution is -0.126. The number of carbonyl (C=O) groups excluding carboxylic acids is 1. The predicted octanol–water partition coefficient (Wildman–Crippen LogP) is 0.195. The van der Waals surface area contributed by atoms with Gasteiger partial charge in [0.15, 0.2) is 0 Å². The summed E-state index contributed by atoms with van der Waals surface area (Å²) in [5.74, 6) is -0.582. The van der Waals surface area contributed by atoms with Crippen molar-refractivity contribution in [3.05, 3.63) is 35.6 Å². The molecule has 0 aliphatic carbocycles. The Labute approximate surface area is 98.8 Å². The van der Waals surface area contributed by atoms with Crippen molar-refractivity contribution in [1.82, 2.24) is 10.6 Å². The Morgan fingerprint density at radius 2 is 2.24 bits per heavy atom. The van der Waals surface area contributed by atoms with E-state index in [1.807, 2.05) is 0 Å². The second-order valence-corrected chi connectivity index (χ2v) is 4.14. The minimum Gasteiger partial charge on any atom is -0.386 e. The van der Waals surface area contributed by atoms with Crippen LogP contribution in [0.4, 0.5) is 4.39 Å². The van der Waals surface area contributed by atoms with Crippen LogP contribution in [-0.4, -0.2) is 30.6 Å². The predicted molar refractivity (Wildman–Crippen MR) is 60.7 cm³/mol. The zero-order valence-corrected chi connectivity index (χ0v) is 9.32. The summed E-state index contributed by atoms with van der Waals surface area (Å²) in [7, 11) is 0. The van der Waals surface area contributed by atoms with Gasteiger partial charge in [0.1, 0.15) is 5.82 Å². The summed E-state index contributed by atoms with van der Waals surface area (Å²) in [4.78, 5) is 11.5. The fourth-order valence-electron chi connectivity index (χ4n) is 1.67. The van der Waals surface area contributed by atoms with Gasteiger partial charge in [-0.25, -0.2) is 4.39 Å². The van der Waals surface area contributed by atoms with Crippen LogP contribution in [0.15, 0.2) is 24.3 Å². The van der Waals surface area contributed by atoms with Crippen LogP contribution in [0.1, 0.15) is 11.7 Å². The molecule has 5 heteroatoms. The van der Waals surface area contributed by atoms with Crippen molar-refractivity contribution in [2.45, 2.75) is 6.10 Å². The van der Waals surface area contributed by atoms with Gasteiger partial charge in [0.2, 0.25) is 5.91 Å². The van der Waals surface area contributed by atoms with Gasteiger partial charge in [0.05, 0.1) is 12.0 Å². The molecule has 92 valence electrons. The van der Waals surface area contributed by atoms with E-state index in [-0.39, 0.29) is 23.9 Å². The molecule has 1 amide bonds. The second-order valence-electron chi connectivity index (χ2n) is 4.14. The first-order valence-electron chi connectivity index (χ1n) is 5.59. The van der Waals surface area contributed by atoms with Crippen LogP contribution in [0.25, 0.3) is 0 Å². The lowest BCUT2D eigenvalue weighted by Crippen LogP contribution is -2.51. The second kappa shape index (κ2) is 5.25. The fourth-order valence-corrected chi connectivity index (χ4v) is 1.67. The molecule has 1 aliphatic rings. The molecule has 3 N–H and O–H groups in total. The largest absolute Gasteiger partial charge is 0.386 e. The highest BCUT2D eigenvalue weighted by Gasteiger charge is 2.25. The van der Waals surface area contributed by atoms with E-state index in [2.05, 4.69) is 10.6 Å². The fraction of sp³-hybridized carbons (Fsp3) is 0.417. The lowest BCUT2D eigenvalue weighted by Gasteiger charge is -2.26. The number of rotatable bonds is 4. The highest BCUT2D eigenvalue weighted by atomic mass is 19.1. The first-order chi connectivity index (χ1) is 8.18. The lowest BCUT2D eigenvalue weighted by atomic mass is 10.0. The van der Waals surface area contributed by atoms with E-state index in [0.29, 0.717) is 13.1 Å². The number of aliphatic hydroxyl groups excluding tert-OH is 1. The Bertz CT molecular complexity index is 407.